The van der Waals surface area contributed by atoms with E-state index in [1.807, 2.05) is 6.92 Å². The van der Waals surface area contributed by atoms with Crippen LogP contribution in [-0.2, 0) is 9.47 Å². The Hall–Kier alpha value is -0.120. The molecule has 0 amide bonds. The highest BCUT2D eigenvalue weighted by Crippen LogP contribution is 2.22. The topological polar surface area (TPSA) is 30.5 Å². The van der Waals surface area contributed by atoms with Gasteiger partial charge in [-0.1, -0.05) is 6.92 Å². The Morgan fingerprint density at radius 3 is 2.81 bits per heavy atom. The number of nitrogens with one attached hydrogen (secondary N) is 1. The Balaban J connectivity index is 2.20. The standard InChI is InChI=1S/C13H27NO2/c1-4-14-12-7-6-8-13(9-12)16-11(3)10-15-5-2/h11-14H,4-10H2,1-3H3. The lowest BCUT2D eigenvalue weighted by Crippen LogP contribution is -2.38. The minimum Gasteiger partial charge on any atom is -0.379 e. The highest BCUT2D eigenvalue weighted by Gasteiger charge is 2.23. The maximum atomic E-state index is 6.00. The quantitative estimate of drug-likeness (QED) is 0.727. The summed E-state index contributed by atoms with van der Waals surface area (Å²) < 4.78 is 11.4. The van der Waals surface area contributed by atoms with Gasteiger partial charge < -0.3 is 14.8 Å². The highest BCUT2D eigenvalue weighted by atomic mass is 16.5. The molecule has 0 aromatic heterocycles. The Bertz CT molecular complexity index is 173. The van der Waals surface area contributed by atoms with Gasteiger partial charge in [-0.3, -0.25) is 0 Å². The van der Waals surface area contributed by atoms with Crippen molar-refractivity contribution < 1.29 is 9.47 Å². The molecule has 3 atom stereocenters. The second-order valence-corrected chi connectivity index (χ2v) is 4.65. The summed E-state index contributed by atoms with van der Waals surface area (Å²) >= 11 is 0. The number of rotatable bonds is 7. The number of hydrogen-bond donors (Lipinski definition) is 1. The first-order valence-electron chi connectivity index (χ1n) is 6.72. The number of ether oxygens (including phenoxy) is 2. The molecule has 1 saturated carbocycles. The second kappa shape index (κ2) is 8.04. The van der Waals surface area contributed by atoms with Crippen LogP contribution in [0, 0.1) is 0 Å². The van der Waals surface area contributed by atoms with Gasteiger partial charge in [-0.25, -0.2) is 0 Å². The van der Waals surface area contributed by atoms with Gasteiger partial charge in [0.15, 0.2) is 0 Å². The maximum Gasteiger partial charge on any atom is 0.0784 e. The maximum absolute atomic E-state index is 6.00. The third kappa shape index (κ3) is 5.28. The van der Waals surface area contributed by atoms with Crippen LogP contribution in [0.2, 0.25) is 0 Å². The number of hydrogen-bond acceptors (Lipinski definition) is 3. The molecule has 0 heterocycles. The van der Waals surface area contributed by atoms with Gasteiger partial charge in [0.05, 0.1) is 18.8 Å². The summed E-state index contributed by atoms with van der Waals surface area (Å²) in [5.74, 6) is 0. The third-order valence-corrected chi connectivity index (χ3v) is 3.10. The normalized spacial score (nSPS) is 27.9. The van der Waals surface area contributed by atoms with E-state index in [1.165, 1.54) is 19.3 Å². The molecule has 0 spiro atoms. The first-order valence-corrected chi connectivity index (χ1v) is 6.72. The van der Waals surface area contributed by atoms with E-state index >= 15 is 0 Å². The first kappa shape index (κ1) is 13.9. The second-order valence-electron chi connectivity index (χ2n) is 4.65. The molecular weight excluding hydrogens is 202 g/mol. The van der Waals surface area contributed by atoms with Crippen molar-refractivity contribution in [2.24, 2.45) is 0 Å². The average molecular weight is 229 g/mol. The van der Waals surface area contributed by atoms with E-state index in [0.29, 0.717) is 12.1 Å². The monoisotopic (exact) mass is 229 g/mol. The van der Waals surface area contributed by atoms with Crippen molar-refractivity contribution >= 4 is 0 Å². The van der Waals surface area contributed by atoms with E-state index in [-0.39, 0.29) is 6.10 Å². The van der Waals surface area contributed by atoms with Gasteiger partial charge in [0, 0.05) is 12.6 Å². The van der Waals surface area contributed by atoms with E-state index < -0.39 is 0 Å². The van der Waals surface area contributed by atoms with Crippen LogP contribution >= 0.6 is 0 Å². The molecule has 1 aliphatic carbocycles. The minimum atomic E-state index is 0.227. The van der Waals surface area contributed by atoms with Gasteiger partial charge in [0.25, 0.3) is 0 Å². The molecule has 3 heteroatoms. The van der Waals surface area contributed by atoms with Gasteiger partial charge >= 0.3 is 0 Å². The Labute approximate surface area is 99.9 Å². The fourth-order valence-corrected chi connectivity index (χ4v) is 2.39. The highest BCUT2D eigenvalue weighted by molar-refractivity contribution is 4.78. The molecule has 1 fully saturated rings. The zero-order valence-corrected chi connectivity index (χ0v) is 11.0. The molecule has 0 aliphatic heterocycles. The van der Waals surface area contributed by atoms with E-state index in [0.717, 1.165) is 26.2 Å². The van der Waals surface area contributed by atoms with E-state index in [9.17, 15) is 0 Å². The largest absolute Gasteiger partial charge is 0.379 e. The van der Waals surface area contributed by atoms with E-state index in [2.05, 4.69) is 19.2 Å². The van der Waals surface area contributed by atoms with Crippen LogP contribution in [0.5, 0.6) is 0 Å². The Kier molecular flexibility index (Phi) is 7.01. The summed E-state index contributed by atoms with van der Waals surface area (Å²) in [5, 5.41) is 3.52. The Morgan fingerprint density at radius 1 is 1.31 bits per heavy atom. The van der Waals surface area contributed by atoms with Crippen molar-refractivity contribution in [1.29, 1.82) is 0 Å². The van der Waals surface area contributed by atoms with Crippen LogP contribution in [0.1, 0.15) is 46.5 Å². The first-order chi connectivity index (χ1) is 7.76. The predicted octanol–water partition coefficient (Wildman–Crippen LogP) is 2.35. The van der Waals surface area contributed by atoms with Gasteiger partial charge in [0.2, 0.25) is 0 Å². The summed E-state index contributed by atoms with van der Waals surface area (Å²) in [6.07, 6.45) is 5.60. The van der Waals surface area contributed by atoms with Gasteiger partial charge in [-0.05, 0) is 46.1 Å². The smallest absolute Gasteiger partial charge is 0.0784 e. The summed E-state index contributed by atoms with van der Waals surface area (Å²) in [6, 6.07) is 0.656. The zero-order chi connectivity index (χ0) is 11.8. The lowest BCUT2D eigenvalue weighted by atomic mass is 9.92. The summed E-state index contributed by atoms with van der Waals surface area (Å²) in [7, 11) is 0. The molecule has 1 rings (SSSR count). The summed E-state index contributed by atoms with van der Waals surface area (Å²) in [5.41, 5.74) is 0. The predicted molar refractivity (Wildman–Crippen MR) is 66.8 cm³/mol. The van der Waals surface area contributed by atoms with E-state index in [1.54, 1.807) is 0 Å². The molecule has 3 nitrogen and oxygen atoms in total. The minimum absolute atomic E-state index is 0.227. The van der Waals surface area contributed by atoms with Crippen molar-refractivity contribution in [1.82, 2.24) is 5.32 Å². The van der Waals surface area contributed by atoms with Crippen molar-refractivity contribution in [3.8, 4) is 0 Å². The fourth-order valence-electron chi connectivity index (χ4n) is 2.39. The molecule has 0 radical (unpaired) electrons. The molecule has 0 aromatic rings. The van der Waals surface area contributed by atoms with Crippen LogP contribution in [0.3, 0.4) is 0 Å². The molecule has 16 heavy (non-hydrogen) atoms. The molecule has 1 aliphatic rings. The SMILES string of the molecule is CCNC1CCCC(OC(C)COCC)C1. The summed E-state index contributed by atoms with van der Waals surface area (Å²) in [6.45, 7) is 8.85. The Morgan fingerprint density at radius 2 is 2.12 bits per heavy atom. The van der Waals surface area contributed by atoms with Crippen LogP contribution in [0.25, 0.3) is 0 Å². The molecule has 0 aromatic carbocycles. The van der Waals surface area contributed by atoms with Crippen molar-refractivity contribution in [2.45, 2.75) is 64.7 Å². The van der Waals surface area contributed by atoms with Crippen LogP contribution in [0.4, 0.5) is 0 Å². The molecule has 96 valence electrons. The van der Waals surface area contributed by atoms with Crippen LogP contribution in [0.15, 0.2) is 0 Å². The molecule has 3 unspecified atom stereocenters. The molecule has 0 bridgehead atoms. The van der Waals surface area contributed by atoms with Gasteiger partial charge in [0.1, 0.15) is 0 Å². The summed E-state index contributed by atoms with van der Waals surface area (Å²) in [4.78, 5) is 0. The van der Waals surface area contributed by atoms with Crippen molar-refractivity contribution in [2.75, 3.05) is 19.8 Å². The lowest BCUT2D eigenvalue weighted by molar-refractivity contribution is -0.0621. The van der Waals surface area contributed by atoms with Gasteiger partial charge in [-0.15, -0.1) is 0 Å². The van der Waals surface area contributed by atoms with E-state index in [4.69, 9.17) is 9.47 Å². The van der Waals surface area contributed by atoms with Crippen LogP contribution < -0.4 is 5.32 Å². The average Bonchev–Trinajstić information content (AvgIpc) is 2.27. The zero-order valence-electron chi connectivity index (χ0n) is 11.0. The lowest BCUT2D eigenvalue weighted by Gasteiger charge is -2.31. The van der Waals surface area contributed by atoms with Crippen molar-refractivity contribution in [3.63, 3.8) is 0 Å². The molecule has 1 N–H and O–H groups in total. The molecule has 0 saturated heterocycles. The fraction of sp³-hybridized carbons (Fsp3) is 1.00. The molecular formula is C13H27NO2. The van der Waals surface area contributed by atoms with Gasteiger partial charge in [-0.2, -0.15) is 0 Å². The van der Waals surface area contributed by atoms with Crippen LogP contribution in [-0.4, -0.2) is 38.0 Å². The third-order valence-electron chi connectivity index (χ3n) is 3.10. The van der Waals surface area contributed by atoms with Crippen molar-refractivity contribution in [3.05, 3.63) is 0 Å².